The van der Waals surface area contributed by atoms with Crippen molar-refractivity contribution in [2.24, 2.45) is 0 Å². The molecule has 0 aliphatic carbocycles. The third kappa shape index (κ3) is 1.50. The summed E-state index contributed by atoms with van der Waals surface area (Å²) in [5.41, 5.74) is 2.24. The van der Waals surface area contributed by atoms with Gasteiger partial charge in [-0.2, -0.15) is 0 Å². The normalized spacial score (nSPS) is 31.5. The van der Waals surface area contributed by atoms with Gasteiger partial charge in [-0.1, -0.05) is 19.2 Å². The Balaban J connectivity index is 2.07. The minimum Gasteiger partial charge on any atom is -0.338 e. The Labute approximate surface area is 86.0 Å². The highest BCUT2D eigenvalue weighted by Crippen LogP contribution is 2.27. The van der Waals surface area contributed by atoms with Gasteiger partial charge in [0.05, 0.1) is 0 Å². The van der Waals surface area contributed by atoms with Gasteiger partial charge in [-0.05, 0) is 32.4 Å². The SMILES string of the molecule is C=C1C=CC(C)N1C(=C)C1CCCN1. The molecule has 76 valence electrons. The number of nitrogens with one attached hydrogen (secondary N) is 1. The van der Waals surface area contributed by atoms with Crippen molar-refractivity contribution in [1.29, 1.82) is 0 Å². The highest BCUT2D eigenvalue weighted by Gasteiger charge is 2.26. The van der Waals surface area contributed by atoms with Crippen LogP contribution in [-0.4, -0.2) is 23.5 Å². The van der Waals surface area contributed by atoms with Gasteiger partial charge in [0.1, 0.15) is 0 Å². The molecule has 0 radical (unpaired) electrons. The van der Waals surface area contributed by atoms with Crippen LogP contribution in [0, 0.1) is 0 Å². The van der Waals surface area contributed by atoms with E-state index in [4.69, 9.17) is 0 Å². The molecular weight excluding hydrogens is 172 g/mol. The molecule has 2 aliphatic rings. The number of nitrogens with zero attached hydrogens (tertiary/aromatic N) is 1. The van der Waals surface area contributed by atoms with Gasteiger partial charge in [0.2, 0.25) is 0 Å². The molecule has 0 saturated carbocycles. The molecular formula is C12H18N2. The Morgan fingerprint density at radius 2 is 2.43 bits per heavy atom. The van der Waals surface area contributed by atoms with E-state index in [0.717, 1.165) is 12.2 Å². The van der Waals surface area contributed by atoms with Gasteiger partial charge >= 0.3 is 0 Å². The average molecular weight is 190 g/mol. The Hall–Kier alpha value is -1.02. The molecule has 0 spiro atoms. The fourth-order valence-corrected chi connectivity index (χ4v) is 2.26. The predicted molar refractivity (Wildman–Crippen MR) is 59.7 cm³/mol. The van der Waals surface area contributed by atoms with Gasteiger partial charge in [0.25, 0.3) is 0 Å². The molecule has 2 heteroatoms. The summed E-state index contributed by atoms with van der Waals surface area (Å²) in [6.07, 6.45) is 6.70. The summed E-state index contributed by atoms with van der Waals surface area (Å²) in [5.74, 6) is 0. The van der Waals surface area contributed by atoms with Crippen molar-refractivity contribution in [3.8, 4) is 0 Å². The molecule has 0 aromatic rings. The molecule has 1 N–H and O–H groups in total. The maximum Gasteiger partial charge on any atom is 0.0494 e. The number of hydrogen-bond acceptors (Lipinski definition) is 2. The van der Waals surface area contributed by atoms with Gasteiger partial charge in [-0.25, -0.2) is 0 Å². The van der Waals surface area contributed by atoms with Crippen LogP contribution in [-0.2, 0) is 0 Å². The molecule has 0 bridgehead atoms. The van der Waals surface area contributed by atoms with Crippen LogP contribution in [0.15, 0.2) is 36.7 Å². The molecule has 2 unspecified atom stereocenters. The van der Waals surface area contributed by atoms with Crippen LogP contribution >= 0.6 is 0 Å². The molecule has 2 aliphatic heterocycles. The molecule has 0 amide bonds. The second-order valence-electron chi connectivity index (χ2n) is 4.10. The van der Waals surface area contributed by atoms with E-state index < -0.39 is 0 Å². The van der Waals surface area contributed by atoms with Crippen molar-refractivity contribution >= 4 is 0 Å². The lowest BCUT2D eigenvalue weighted by Crippen LogP contribution is -2.35. The van der Waals surface area contributed by atoms with Crippen LogP contribution in [0.5, 0.6) is 0 Å². The fourth-order valence-electron chi connectivity index (χ4n) is 2.26. The highest BCUT2D eigenvalue weighted by atomic mass is 15.2. The van der Waals surface area contributed by atoms with Crippen molar-refractivity contribution in [3.63, 3.8) is 0 Å². The summed E-state index contributed by atoms with van der Waals surface area (Å²) < 4.78 is 0. The lowest BCUT2D eigenvalue weighted by atomic mass is 10.1. The van der Waals surface area contributed by atoms with Crippen LogP contribution in [0.25, 0.3) is 0 Å². The third-order valence-electron chi connectivity index (χ3n) is 3.06. The first-order chi connectivity index (χ1) is 6.70. The van der Waals surface area contributed by atoms with Crippen LogP contribution in [0.3, 0.4) is 0 Å². The summed E-state index contributed by atoms with van der Waals surface area (Å²) in [6.45, 7) is 11.5. The Bertz CT molecular complexity index is 285. The van der Waals surface area contributed by atoms with Gasteiger partial charge in [0, 0.05) is 23.5 Å². The minimum atomic E-state index is 0.414. The van der Waals surface area contributed by atoms with Gasteiger partial charge in [0.15, 0.2) is 0 Å². The standard InChI is InChI=1S/C12H18N2/c1-9-6-7-10(2)14(9)11(3)12-5-4-8-13-12/h6-7,10,12-13H,1,3-5,8H2,2H3. The van der Waals surface area contributed by atoms with Crippen molar-refractivity contribution in [2.75, 3.05) is 6.54 Å². The van der Waals surface area contributed by atoms with Crippen molar-refractivity contribution < 1.29 is 0 Å². The van der Waals surface area contributed by atoms with Crippen LogP contribution < -0.4 is 5.32 Å². The van der Waals surface area contributed by atoms with Crippen molar-refractivity contribution in [3.05, 3.63) is 36.7 Å². The number of rotatable bonds is 2. The minimum absolute atomic E-state index is 0.414. The second kappa shape index (κ2) is 3.62. The Morgan fingerprint density at radius 1 is 1.64 bits per heavy atom. The molecule has 0 aromatic heterocycles. The molecule has 2 nitrogen and oxygen atoms in total. The van der Waals surface area contributed by atoms with E-state index in [1.807, 2.05) is 0 Å². The predicted octanol–water partition coefficient (Wildman–Crippen LogP) is 2.03. The van der Waals surface area contributed by atoms with Gasteiger partial charge < -0.3 is 10.2 Å². The quantitative estimate of drug-likeness (QED) is 0.716. The first kappa shape index (κ1) is 9.53. The zero-order valence-corrected chi connectivity index (χ0v) is 8.79. The topological polar surface area (TPSA) is 15.3 Å². The highest BCUT2D eigenvalue weighted by molar-refractivity contribution is 5.30. The van der Waals surface area contributed by atoms with Crippen LogP contribution in [0.2, 0.25) is 0 Å². The van der Waals surface area contributed by atoms with E-state index in [9.17, 15) is 0 Å². The number of allylic oxidation sites excluding steroid dienone is 1. The zero-order chi connectivity index (χ0) is 10.1. The van der Waals surface area contributed by atoms with Gasteiger partial charge in [-0.15, -0.1) is 0 Å². The Morgan fingerprint density at radius 3 is 2.93 bits per heavy atom. The maximum atomic E-state index is 4.18. The van der Waals surface area contributed by atoms with Crippen molar-refractivity contribution in [2.45, 2.75) is 31.8 Å². The summed E-state index contributed by atoms with van der Waals surface area (Å²) in [5, 5.41) is 3.46. The average Bonchev–Trinajstić information content (AvgIpc) is 2.75. The second-order valence-corrected chi connectivity index (χ2v) is 4.10. The molecule has 2 rings (SSSR count). The van der Waals surface area contributed by atoms with E-state index >= 15 is 0 Å². The van der Waals surface area contributed by atoms with E-state index in [2.05, 4.69) is 42.5 Å². The first-order valence-corrected chi connectivity index (χ1v) is 5.28. The summed E-state index contributed by atoms with van der Waals surface area (Å²) >= 11 is 0. The van der Waals surface area contributed by atoms with E-state index in [-0.39, 0.29) is 0 Å². The first-order valence-electron chi connectivity index (χ1n) is 5.28. The largest absolute Gasteiger partial charge is 0.338 e. The summed E-state index contributed by atoms with van der Waals surface area (Å²) in [7, 11) is 0. The van der Waals surface area contributed by atoms with Crippen molar-refractivity contribution in [1.82, 2.24) is 10.2 Å². The third-order valence-corrected chi connectivity index (χ3v) is 3.06. The fraction of sp³-hybridized carbons (Fsp3) is 0.500. The Kier molecular flexibility index (Phi) is 2.46. The van der Waals surface area contributed by atoms with Crippen LogP contribution in [0.1, 0.15) is 19.8 Å². The van der Waals surface area contributed by atoms with E-state index in [1.54, 1.807) is 0 Å². The van der Waals surface area contributed by atoms with Crippen LogP contribution in [0.4, 0.5) is 0 Å². The zero-order valence-electron chi connectivity index (χ0n) is 8.79. The molecule has 2 atom stereocenters. The molecule has 0 aromatic carbocycles. The molecule has 1 fully saturated rings. The van der Waals surface area contributed by atoms with Gasteiger partial charge in [-0.3, -0.25) is 0 Å². The molecule has 2 heterocycles. The lowest BCUT2D eigenvalue weighted by Gasteiger charge is -2.30. The number of hydrogen-bond donors (Lipinski definition) is 1. The monoisotopic (exact) mass is 190 g/mol. The molecule has 14 heavy (non-hydrogen) atoms. The van der Waals surface area contributed by atoms with E-state index in [0.29, 0.717) is 12.1 Å². The smallest absolute Gasteiger partial charge is 0.0494 e. The summed E-state index contributed by atoms with van der Waals surface area (Å²) in [4.78, 5) is 2.23. The molecule has 1 saturated heterocycles. The summed E-state index contributed by atoms with van der Waals surface area (Å²) in [6, 6.07) is 0.867. The lowest BCUT2D eigenvalue weighted by molar-refractivity contribution is 0.376. The maximum absolute atomic E-state index is 4.18. The van der Waals surface area contributed by atoms with E-state index in [1.165, 1.54) is 18.5 Å².